The highest BCUT2D eigenvalue weighted by Crippen LogP contribution is 2.19. The number of nitrogens with one attached hydrogen (secondary N) is 1. The molecule has 3 nitrogen and oxygen atoms in total. The lowest BCUT2D eigenvalue weighted by atomic mass is 10.1. The van der Waals surface area contributed by atoms with Crippen molar-refractivity contribution in [1.82, 2.24) is 15.2 Å². The molecule has 1 aliphatic heterocycles. The molecule has 0 radical (unpaired) electrons. The smallest absolute Gasteiger partial charge is 0.107 e. The van der Waals surface area contributed by atoms with Gasteiger partial charge in [-0.2, -0.15) is 0 Å². The molecule has 18 heavy (non-hydrogen) atoms. The van der Waals surface area contributed by atoms with Crippen molar-refractivity contribution >= 4 is 11.3 Å². The summed E-state index contributed by atoms with van der Waals surface area (Å²) in [7, 11) is 0. The first-order valence-corrected chi connectivity index (χ1v) is 7.89. The maximum Gasteiger partial charge on any atom is 0.107 e. The fraction of sp³-hybridized carbons (Fsp3) is 0.786. The van der Waals surface area contributed by atoms with Crippen LogP contribution in [0.4, 0.5) is 0 Å². The topological polar surface area (TPSA) is 28.2 Å². The van der Waals surface area contributed by atoms with Gasteiger partial charge in [-0.05, 0) is 39.8 Å². The molecule has 2 rings (SSSR count). The monoisotopic (exact) mass is 267 g/mol. The van der Waals surface area contributed by atoms with Gasteiger partial charge in [-0.25, -0.2) is 4.98 Å². The maximum atomic E-state index is 4.66. The Kier molecular flexibility index (Phi) is 5.15. The Balaban J connectivity index is 1.94. The molecular weight excluding hydrogens is 242 g/mol. The quantitative estimate of drug-likeness (QED) is 0.909. The Morgan fingerprint density at radius 3 is 2.94 bits per heavy atom. The summed E-state index contributed by atoms with van der Waals surface area (Å²) < 4.78 is 0. The summed E-state index contributed by atoms with van der Waals surface area (Å²) in [5, 5.41) is 4.94. The molecule has 1 N–H and O–H groups in total. The molecule has 0 aliphatic carbocycles. The molecule has 2 heterocycles. The van der Waals surface area contributed by atoms with Crippen LogP contribution in [-0.2, 0) is 6.54 Å². The van der Waals surface area contributed by atoms with E-state index in [1.165, 1.54) is 47.9 Å². The van der Waals surface area contributed by atoms with Crippen molar-refractivity contribution in [2.45, 2.75) is 52.6 Å². The summed E-state index contributed by atoms with van der Waals surface area (Å²) in [5.74, 6) is 0. The van der Waals surface area contributed by atoms with Crippen molar-refractivity contribution in [3.63, 3.8) is 0 Å². The van der Waals surface area contributed by atoms with E-state index in [0.717, 1.165) is 13.1 Å². The van der Waals surface area contributed by atoms with Crippen LogP contribution in [0.3, 0.4) is 0 Å². The Bertz CT molecular complexity index is 356. The van der Waals surface area contributed by atoms with E-state index >= 15 is 0 Å². The van der Waals surface area contributed by atoms with Gasteiger partial charge in [-0.1, -0.05) is 13.3 Å². The van der Waals surface area contributed by atoms with Gasteiger partial charge in [-0.15, -0.1) is 11.3 Å². The van der Waals surface area contributed by atoms with Crippen molar-refractivity contribution in [3.05, 3.63) is 15.6 Å². The van der Waals surface area contributed by atoms with E-state index in [1.54, 1.807) is 0 Å². The van der Waals surface area contributed by atoms with Crippen molar-refractivity contribution in [2.24, 2.45) is 0 Å². The summed E-state index contributed by atoms with van der Waals surface area (Å²) in [6.07, 6.45) is 3.80. The molecular formula is C14H25N3S. The summed E-state index contributed by atoms with van der Waals surface area (Å²) in [6, 6.07) is 0.666. The van der Waals surface area contributed by atoms with E-state index in [1.807, 2.05) is 11.3 Å². The Labute approximate surface area is 115 Å². The number of aromatic nitrogens is 1. The van der Waals surface area contributed by atoms with Gasteiger partial charge < -0.3 is 5.32 Å². The SMILES string of the molecule is CCCC1CN(Cc2nc(C)c(C)s2)CCCN1. The van der Waals surface area contributed by atoms with E-state index in [4.69, 9.17) is 0 Å². The third-order valence-electron chi connectivity index (χ3n) is 3.63. The zero-order valence-corrected chi connectivity index (χ0v) is 12.6. The van der Waals surface area contributed by atoms with E-state index in [0.29, 0.717) is 6.04 Å². The van der Waals surface area contributed by atoms with E-state index in [9.17, 15) is 0 Å². The molecule has 1 saturated heterocycles. The average molecular weight is 267 g/mol. The molecule has 1 atom stereocenters. The molecule has 1 unspecified atom stereocenters. The Morgan fingerprint density at radius 1 is 1.44 bits per heavy atom. The molecule has 4 heteroatoms. The zero-order valence-electron chi connectivity index (χ0n) is 11.8. The van der Waals surface area contributed by atoms with Gasteiger partial charge in [-0.3, -0.25) is 4.90 Å². The van der Waals surface area contributed by atoms with Gasteiger partial charge in [0.05, 0.1) is 12.2 Å². The second kappa shape index (κ2) is 6.64. The predicted octanol–water partition coefficient (Wildman–Crippen LogP) is 2.72. The van der Waals surface area contributed by atoms with Gasteiger partial charge in [0.25, 0.3) is 0 Å². The largest absolute Gasteiger partial charge is 0.313 e. The maximum absolute atomic E-state index is 4.66. The van der Waals surface area contributed by atoms with Crippen LogP contribution in [0.5, 0.6) is 0 Å². The van der Waals surface area contributed by atoms with Crippen LogP contribution in [0, 0.1) is 13.8 Å². The third kappa shape index (κ3) is 3.77. The number of rotatable bonds is 4. The number of hydrogen-bond acceptors (Lipinski definition) is 4. The van der Waals surface area contributed by atoms with Crippen molar-refractivity contribution < 1.29 is 0 Å². The lowest BCUT2D eigenvalue weighted by Gasteiger charge is -2.23. The van der Waals surface area contributed by atoms with Gasteiger partial charge in [0.2, 0.25) is 0 Å². The Morgan fingerprint density at radius 2 is 2.28 bits per heavy atom. The second-order valence-electron chi connectivity index (χ2n) is 5.28. The lowest BCUT2D eigenvalue weighted by molar-refractivity contribution is 0.254. The van der Waals surface area contributed by atoms with Crippen LogP contribution in [0.2, 0.25) is 0 Å². The molecule has 1 aromatic heterocycles. The molecule has 0 spiro atoms. The highest BCUT2D eigenvalue weighted by molar-refractivity contribution is 7.11. The normalized spacial score (nSPS) is 22.1. The van der Waals surface area contributed by atoms with Gasteiger partial charge in [0.15, 0.2) is 0 Å². The summed E-state index contributed by atoms with van der Waals surface area (Å²) >= 11 is 1.86. The molecule has 0 aromatic carbocycles. The number of nitrogens with zero attached hydrogens (tertiary/aromatic N) is 2. The van der Waals surface area contributed by atoms with Gasteiger partial charge in [0, 0.05) is 17.5 Å². The fourth-order valence-corrected chi connectivity index (χ4v) is 3.54. The number of aryl methyl sites for hydroxylation is 2. The van der Waals surface area contributed by atoms with Crippen LogP contribution >= 0.6 is 11.3 Å². The average Bonchev–Trinajstić information content (AvgIpc) is 2.53. The first kappa shape index (κ1) is 14.0. The highest BCUT2D eigenvalue weighted by Gasteiger charge is 2.18. The van der Waals surface area contributed by atoms with Crippen LogP contribution < -0.4 is 5.32 Å². The number of thiazole rings is 1. The third-order valence-corrected chi connectivity index (χ3v) is 4.69. The zero-order chi connectivity index (χ0) is 13.0. The fourth-order valence-electron chi connectivity index (χ4n) is 2.56. The summed E-state index contributed by atoms with van der Waals surface area (Å²) in [4.78, 5) is 8.59. The van der Waals surface area contributed by atoms with E-state index < -0.39 is 0 Å². The van der Waals surface area contributed by atoms with E-state index in [2.05, 4.69) is 36.0 Å². The molecule has 0 amide bonds. The first-order chi connectivity index (χ1) is 8.69. The van der Waals surface area contributed by atoms with Crippen molar-refractivity contribution in [1.29, 1.82) is 0 Å². The summed E-state index contributed by atoms with van der Waals surface area (Å²) in [6.45, 7) is 11.1. The number of hydrogen-bond donors (Lipinski definition) is 1. The minimum atomic E-state index is 0.666. The van der Waals surface area contributed by atoms with Gasteiger partial charge in [0.1, 0.15) is 5.01 Å². The minimum Gasteiger partial charge on any atom is -0.313 e. The molecule has 1 aliphatic rings. The second-order valence-corrected chi connectivity index (χ2v) is 6.57. The Hall–Kier alpha value is -0.450. The van der Waals surface area contributed by atoms with Crippen LogP contribution in [0.15, 0.2) is 0 Å². The van der Waals surface area contributed by atoms with Crippen LogP contribution in [0.1, 0.15) is 41.8 Å². The molecule has 0 bridgehead atoms. The minimum absolute atomic E-state index is 0.666. The summed E-state index contributed by atoms with van der Waals surface area (Å²) in [5.41, 5.74) is 1.20. The molecule has 1 aromatic rings. The van der Waals surface area contributed by atoms with Gasteiger partial charge >= 0.3 is 0 Å². The van der Waals surface area contributed by atoms with Crippen LogP contribution in [-0.4, -0.2) is 35.6 Å². The lowest BCUT2D eigenvalue weighted by Crippen LogP contribution is -2.37. The molecule has 102 valence electrons. The van der Waals surface area contributed by atoms with E-state index in [-0.39, 0.29) is 0 Å². The highest BCUT2D eigenvalue weighted by atomic mass is 32.1. The molecule has 0 saturated carbocycles. The van der Waals surface area contributed by atoms with Crippen LogP contribution in [0.25, 0.3) is 0 Å². The standard InChI is InChI=1S/C14H25N3S/c1-4-6-13-9-17(8-5-7-15-13)10-14-16-11(2)12(3)18-14/h13,15H,4-10H2,1-3H3. The first-order valence-electron chi connectivity index (χ1n) is 7.07. The predicted molar refractivity (Wildman–Crippen MR) is 78.2 cm³/mol. The molecule has 1 fully saturated rings. The van der Waals surface area contributed by atoms with Crippen molar-refractivity contribution in [3.8, 4) is 0 Å². The van der Waals surface area contributed by atoms with Crippen molar-refractivity contribution in [2.75, 3.05) is 19.6 Å².